The summed E-state index contributed by atoms with van der Waals surface area (Å²) in [7, 11) is 0. The molecule has 1 fully saturated rings. The fraction of sp³-hybridized carbons (Fsp3) is 0.545. The molecule has 3 atom stereocenters. The molecule has 0 aromatic carbocycles. The molecule has 0 aliphatic carbocycles. The molecule has 1 aliphatic rings. The Kier molecular flexibility index (Phi) is 3.47. The summed E-state index contributed by atoms with van der Waals surface area (Å²) < 4.78 is 7.45. The smallest absolute Gasteiger partial charge is 0.171 e. The summed E-state index contributed by atoms with van der Waals surface area (Å²) in [5.74, 6) is 10.9. The van der Waals surface area contributed by atoms with Crippen LogP contribution in [0.25, 0.3) is 11.2 Å². The average molecular weight is 295 g/mol. The Morgan fingerprint density at radius 3 is 3.10 bits per heavy atom. The second-order valence-electron chi connectivity index (χ2n) is 5.20. The molecule has 10 nitrogen and oxygen atoms in total. The molecule has 2 aromatic rings. The molecular weight excluding hydrogens is 278 g/mol. The van der Waals surface area contributed by atoms with E-state index in [1.165, 1.54) is 12.7 Å². The summed E-state index contributed by atoms with van der Waals surface area (Å²) in [6.45, 7) is 1.88. The first kappa shape index (κ1) is 14.1. The Morgan fingerprint density at radius 2 is 2.38 bits per heavy atom. The van der Waals surface area contributed by atoms with Gasteiger partial charge in [0.2, 0.25) is 0 Å². The van der Waals surface area contributed by atoms with Crippen molar-refractivity contribution in [1.29, 1.82) is 0 Å². The summed E-state index contributed by atoms with van der Waals surface area (Å²) >= 11 is 0. The van der Waals surface area contributed by atoms with Crippen LogP contribution >= 0.6 is 0 Å². The first-order valence-corrected chi connectivity index (χ1v) is 6.40. The molecule has 21 heavy (non-hydrogen) atoms. The molecule has 3 rings (SSSR count). The van der Waals surface area contributed by atoms with Gasteiger partial charge >= 0.3 is 0 Å². The number of rotatable bonds is 4. The zero-order valence-electron chi connectivity index (χ0n) is 11.4. The van der Waals surface area contributed by atoms with E-state index in [1.54, 1.807) is 11.5 Å². The summed E-state index contributed by atoms with van der Waals surface area (Å²) in [5, 5.41) is 10.6. The monoisotopic (exact) mass is 295 g/mol. The highest BCUT2D eigenvalue weighted by molar-refractivity contribution is 5.82. The molecular formula is C11H17N7O3. The van der Waals surface area contributed by atoms with E-state index in [4.69, 9.17) is 16.5 Å². The van der Waals surface area contributed by atoms with Crippen LogP contribution in [0.3, 0.4) is 0 Å². The maximum absolute atomic E-state index is 10.6. The molecule has 6 N–H and O–H groups in total. The SMILES string of the molecule is C[C@@]1(O)C[C@@H](CON)O[C@H]1n1cnc2c(NN)ncnc21. The minimum absolute atomic E-state index is 0.198. The first-order chi connectivity index (χ1) is 10.1. The molecule has 0 amide bonds. The molecule has 114 valence electrons. The van der Waals surface area contributed by atoms with Crippen molar-refractivity contribution >= 4 is 17.0 Å². The third kappa shape index (κ3) is 2.32. The van der Waals surface area contributed by atoms with E-state index in [0.717, 1.165) is 0 Å². The van der Waals surface area contributed by atoms with Crippen LogP contribution < -0.4 is 17.2 Å². The van der Waals surface area contributed by atoms with E-state index in [2.05, 4.69) is 25.2 Å². The van der Waals surface area contributed by atoms with Crippen LogP contribution in [0.2, 0.25) is 0 Å². The Morgan fingerprint density at radius 1 is 1.57 bits per heavy atom. The number of nitrogen functional groups attached to an aromatic ring is 1. The summed E-state index contributed by atoms with van der Waals surface area (Å²) in [6, 6.07) is 0. The highest BCUT2D eigenvalue weighted by atomic mass is 16.6. The Balaban J connectivity index is 2.00. The summed E-state index contributed by atoms with van der Waals surface area (Å²) in [6.07, 6.45) is 2.33. The molecule has 10 heteroatoms. The fourth-order valence-electron chi connectivity index (χ4n) is 2.64. The van der Waals surface area contributed by atoms with E-state index in [0.29, 0.717) is 23.4 Å². The lowest BCUT2D eigenvalue weighted by molar-refractivity contribution is -0.0907. The number of nitrogens with one attached hydrogen (secondary N) is 1. The lowest BCUT2D eigenvalue weighted by Crippen LogP contribution is -2.31. The maximum atomic E-state index is 10.6. The number of hydrazine groups is 1. The van der Waals surface area contributed by atoms with Crippen molar-refractivity contribution in [2.45, 2.75) is 31.3 Å². The number of nitrogens with zero attached hydrogens (tertiary/aromatic N) is 4. The number of imidazole rings is 1. The first-order valence-electron chi connectivity index (χ1n) is 6.40. The van der Waals surface area contributed by atoms with Crippen molar-refractivity contribution in [2.75, 3.05) is 12.0 Å². The van der Waals surface area contributed by atoms with Gasteiger partial charge in [0.15, 0.2) is 23.2 Å². The molecule has 0 radical (unpaired) electrons. The van der Waals surface area contributed by atoms with E-state index in [-0.39, 0.29) is 12.7 Å². The van der Waals surface area contributed by atoms with Gasteiger partial charge in [-0.3, -0.25) is 4.57 Å². The van der Waals surface area contributed by atoms with Gasteiger partial charge in [0.25, 0.3) is 0 Å². The third-order valence-electron chi connectivity index (χ3n) is 3.52. The van der Waals surface area contributed by atoms with Gasteiger partial charge in [-0.25, -0.2) is 26.7 Å². The standard InChI is InChI=1S/C11H17N7O3/c1-11(19)2-6(3-20-13)21-10(11)18-5-16-7-8(17-12)14-4-15-9(7)18/h4-6,10,19H,2-3,12-13H2,1H3,(H,14,15,17)/t6-,10+,11+/m0/s1. The van der Waals surface area contributed by atoms with Crippen molar-refractivity contribution in [3.05, 3.63) is 12.7 Å². The largest absolute Gasteiger partial charge is 0.385 e. The molecule has 1 saturated heterocycles. The maximum Gasteiger partial charge on any atom is 0.171 e. The van der Waals surface area contributed by atoms with Gasteiger partial charge < -0.3 is 20.1 Å². The highest BCUT2D eigenvalue weighted by Gasteiger charge is 2.45. The molecule has 0 unspecified atom stereocenters. The van der Waals surface area contributed by atoms with Crippen LogP contribution in [0.4, 0.5) is 5.82 Å². The second-order valence-corrected chi connectivity index (χ2v) is 5.20. The molecule has 2 aromatic heterocycles. The number of hydrogen-bond acceptors (Lipinski definition) is 9. The Hall–Kier alpha value is -1.85. The van der Waals surface area contributed by atoms with E-state index >= 15 is 0 Å². The molecule has 3 heterocycles. The van der Waals surface area contributed by atoms with Gasteiger partial charge in [-0.1, -0.05) is 0 Å². The minimum atomic E-state index is -1.10. The van der Waals surface area contributed by atoms with Crippen molar-refractivity contribution in [3.8, 4) is 0 Å². The van der Waals surface area contributed by atoms with Gasteiger partial charge in [0.05, 0.1) is 19.0 Å². The number of nitrogens with two attached hydrogens (primary N) is 2. The normalized spacial score (nSPS) is 29.1. The van der Waals surface area contributed by atoms with E-state index < -0.39 is 11.8 Å². The van der Waals surface area contributed by atoms with Crippen molar-refractivity contribution in [2.24, 2.45) is 11.7 Å². The van der Waals surface area contributed by atoms with Crippen LogP contribution in [0, 0.1) is 0 Å². The predicted molar refractivity (Wildman–Crippen MR) is 72.4 cm³/mol. The lowest BCUT2D eigenvalue weighted by Gasteiger charge is -2.24. The van der Waals surface area contributed by atoms with E-state index in [1.807, 2.05) is 0 Å². The zero-order chi connectivity index (χ0) is 15.0. The molecule has 0 bridgehead atoms. The van der Waals surface area contributed by atoms with Gasteiger partial charge in [-0.05, 0) is 6.92 Å². The van der Waals surface area contributed by atoms with E-state index in [9.17, 15) is 5.11 Å². The topological polar surface area (TPSA) is 146 Å². The van der Waals surface area contributed by atoms with Crippen LogP contribution in [0.1, 0.15) is 19.6 Å². The Labute approximate surface area is 120 Å². The molecule has 1 aliphatic heterocycles. The third-order valence-corrected chi connectivity index (χ3v) is 3.52. The molecule has 0 saturated carbocycles. The van der Waals surface area contributed by atoms with Gasteiger partial charge in [-0.15, -0.1) is 0 Å². The quantitative estimate of drug-likeness (QED) is 0.413. The number of ether oxygens (including phenoxy) is 1. The van der Waals surface area contributed by atoms with Crippen LogP contribution in [-0.4, -0.2) is 42.9 Å². The minimum Gasteiger partial charge on any atom is -0.385 e. The zero-order valence-corrected chi connectivity index (χ0v) is 11.4. The number of fused-ring (bicyclic) bond motifs is 1. The Bertz CT molecular complexity index is 644. The number of aliphatic hydroxyl groups is 1. The number of hydrogen-bond donors (Lipinski definition) is 4. The van der Waals surface area contributed by atoms with Gasteiger partial charge in [-0.2, -0.15) is 0 Å². The van der Waals surface area contributed by atoms with Crippen molar-refractivity contribution in [3.63, 3.8) is 0 Å². The number of anilines is 1. The highest BCUT2D eigenvalue weighted by Crippen LogP contribution is 2.39. The fourth-order valence-corrected chi connectivity index (χ4v) is 2.64. The molecule has 0 spiro atoms. The lowest BCUT2D eigenvalue weighted by atomic mass is 10.0. The number of aromatic nitrogens is 4. The van der Waals surface area contributed by atoms with Crippen LogP contribution in [0.5, 0.6) is 0 Å². The van der Waals surface area contributed by atoms with Crippen LogP contribution in [0.15, 0.2) is 12.7 Å². The van der Waals surface area contributed by atoms with Gasteiger partial charge in [0, 0.05) is 6.42 Å². The summed E-state index contributed by atoms with van der Waals surface area (Å²) in [5.41, 5.74) is 2.37. The van der Waals surface area contributed by atoms with Crippen LogP contribution in [-0.2, 0) is 9.57 Å². The second kappa shape index (κ2) is 5.16. The van der Waals surface area contributed by atoms with Crippen molar-refractivity contribution in [1.82, 2.24) is 19.5 Å². The summed E-state index contributed by atoms with van der Waals surface area (Å²) in [4.78, 5) is 17.0. The van der Waals surface area contributed by atoms with Crippen molar-refractivity contribution < 1.29 is 14.7 Å². The van der Waals surface area contributed by atoms with Gasteiger partial charge in [0.1, 0.15) is 11.9 Å². The predicted octanol–water partition coefficient (Wildman–Crippen LogP) is -0.959. The average Bonchev–Trinajstić information content (AvgIpc) is 2.99.